The number of carbonyl (C=O) groups is 2. The number of hydrogen-bond acceptors (Lipinski definition) is 5. The van der Waals surface area contributed by atoms with E-state index < -0.39 is 12.1 Å². The van der Waals surface area contributed by atoms with Crippen molar-refractivity contribution in [1.29, 1.82) is 0 Å². The Balaban J connectivity index is 2.82. The van der Waals surface area contributed by atoms with Gasteiger partial charge < -0.3 is 19.5 Å². The maximum atomic E-state index is 12.2. The molecule has 1 aromatic rings. The number of benzene rings is 1. The zero-order valence-electron chi connectivity index (χ0n) is 15.3. The molecule has 0 fully saturated rings. The maximum Gasteiger partial charge on any atom is 0.339 e. The van der Waals surface area contributed by atoms with Crippen LogP contribution in [0, 0.1) is 5.92 Å². The first-order valence-electron chi connectivity index (χ1n) is 8.38. The fourth-order valence-electron chi connectivity index (χ4n) is 1.88. The Bertz CT molecular complexity index is 597. The number of esters is 1. The average molecular weight is 349 g/mol. The van der Waals surface area contributed by atoms with Gasteiger partial charge >= 0.3 is 5.97 Å². The predicted molar refractivity (Wildman–Crippen MR) is 96.0 cm³/mol. The van der Waals surface area contributed by atoms with E-state index in [1.165, 1.54) is 6.92 Å². The number of nitrogens with one attached hydrogen (secondary N) is 1. The van der Waals surface area contributed by atoms with Crippen molar-refractivity contribution < 1.29 is 23.8 Å². The van der Waals surface area contributed by atoms with E-state index in [9.17, 15) is 9.59 Å². The van der Waals surface area contributed by atoms with Crippen molar-refractivity contribution in [3.05, 3.63) is 36.4 Å². The third-order valence-electron chi connectivity index (χ3n) is 3.13. The first-order chi connectivity index (χ1) is 11.9. The minimum absolute atomic E-state index is 0.295. The molecular weight excluding hydrogens is 322 g/mol. The standard InChI is InChI=1S/C19H27NO5/c1-6-10-20-18(21)14(5)25-19(22)15-8-9-16(24-12-13(3)4)17(11-15)23-7-2/h6,8-9,11,13-14H,1,7,10,12H2,2-5H3,(H,20,21). The molecule has 0 spiro atoms. The van der Waals surface area contributed by atoms with Crippen LogP contribution in [0.15, 0.2) is 30.9 Å². The van der Waals surface area contributed by atoms with Crippen molar-refractivity contribution >= 4 is 11.9 Å². The van der Waals surface area contributed by atoms with E-state index in [4.69, 9.17) is 14.2 Å². The fraction of sp³-hybridized carbons (Fsp3) is 0.474. The van der Waals surface area contributed by atoms with Gasteiger partial charge in [0.25, 0.3) is 5.91 Å². The normalized spacial score (nSPS) is 11.6. The van der Waals surface area contributed by atoms with Crippen LogP contribution in [0.5, 0.6) is 11.5 Å². The Hall–Kier alpha value is -2.50. The van der Waals surface area contributed by atoms with Crippen LogP contribution in [0.3, 0.4) is 0 Å². The topological polar surface area (TPSA) is 73.9 Å². The highest BCUT2D eigenvalue weighted by Gasteiger charge is 2.19. The van der Waals surface area contributed by atoms with Crippen molar-refractivity contribution in [1.82, 2.24) is 5.32 Å². The van der Waals surface area contributed by atoms with Crippen molar-refractivity contribution in [2.75, 3.05) is 19.8 Å². The molecule has 1 N–H and O–H groups in total. The summed E-state index contributed by atoms with van der Waals surface area (Å²) in [5.74, 6) is 0.437. The molecule has 0 aliphatic rings. The molecule has 0 aliphatic carbocycles. The lowest BCUT2D eigenvalue weighted by molar-refractivity contribution is -0.128. The van der Waals surface area contributed by atoms with Crippen LogP contribution in [-0.4, -0.2) is 37.7 Å². The number of ether oxygens (including phenoxy) is 3. The van der Waals surface area contributed by atoms with Gasteiger partial charge in [0.15, 0.2) is 17.6 Å². The van der Waals surface area contributed by atoms with Gasteiger partial charge in [0, 0.05) is 6.54 Å². The molecule has 1 rings (SSSR count). The molecule has 25 heavy (non-hydrogen) atoms. The van der Waals surface area contributed by atoms with Crippen molar-refractivity contribution in [2.24, 2.45) is 5.92 Å². The summed E-state index contributed by atoms with van der Waals surface area (Å²) in [7, 11) is 0. The molecule has 138 valence electrons. The third kappa shape index (κ3) is 6.87. The first-order valence-corrected chi connectivity index (χ1v) is 8.38. The van der Waals surface area contributed by atoms with Crippen LogP contribution in [0.1, 0.15) is 38.1 Å². The lowest BCUT2D eigenvalue weighted by atomic mass is 10.2. The summed E-state index contributed by atoms with van der Waals surface area (Å²) in [6, 6.07) is 4.83. The quantitative estimate of drug-likeness (QED) is 0.519. The number of amides is 1. The van der Waals surface area contributed by atoms with Gasteiger partial charge in [-0.3, -0.25) is 4.79 Å². The molecule has 0 saturated heterocycles. The highest BCUT2D eigenvalue weighted by molar-refractivity contribution is 5.92. The van der Waals surface area contributed by atoms with E-state index in [0.717, 1.165) is 0 Å². The van der Waals surface area contributed by atoms with E-state index in [2.05, 4.69) is 11.9 Å². The maximum absolute atomic E-state index is 12.2. The molecule has 0 saturated carbocycles. The first kappa shape index (κ1) is 20.5. The Kier molecular flexibility index (Phi) is 8.53. The summed E-state index contributed by atoms with van der Waals surface area (Å²) >= 11 is 0. The van der Waals surface area contributed by atoms with Gasteiger partial charge in [-0.25, -0.2) is 4.79 Å². The molecule has 0 bridgehead atoms. The molecule has 0 heterocycles. The molecule has 1 unspecified atom stereocenters. The second-order valence-corrected chi connectivity index (χ2v) is 5.88. The van der Waals surface area contributed by atoms with E-state index in [-0.39, 0.29) is 5.91 Å². The monoisotopic (exact) mass is 349 g/mol. The highest BCUT2D eigenvalue weighted by atomic mass is 16.5. The summed E-state index contributed by atoms with van der Waals surface area (Å²) in [5, 5.41) is 2.58. The SMILES string of the molecule is C=CCNC(=O)C(C)OC(=O)c1ccc(OCC(C)C)c(OCC)c1. The van der Waals surface area contributed by atoms with Crippen molar-refractivity contribution in [2.45, 2.75) is 33.8 Å². The van der Waals surface area contributed by atoms with Crippen molar-refractivity contribution in [3.8, 4) is 11.5 Å². The Morgan fingerprint density at radius 2 is 1.92 bits per heavy atom. The predicted octanol–water partition coefficient (Wildman–Crippen LogP) is 2.97. The van der Waals surface area contributed by atoms with Crippen molar-refractivity contribution in [3.63, 3.8) is 0 Å². The summed E-state index contributed by atoms with van der Waals surface area (Å²) in [6.07, 6.45) is 0.649. The average Bonchev–Trinajstić information content (AvgIpc) is 2.58. The number of rotatable bonds is 10. The second kappa shape index (κ2) is 10.4. The largest absolute Gasteiger partial charge is 0.490 e. The van der Waals surface area contributed by atoms with E-state index >= 15 is 0 Å². The Labute approximate surface area is 149 Å². The molecule has 1 atom stereocenters. The summed E-state index contributed by atoms with van der Waals surface area (Å²) < 4.78 is 16.4. The molecule has 1 aromatic carbocycles. The minimum Gasteiger partial charge on any atom is -0.490 e. The van der Waals surface area contributed by atoms with E-state index in [1.807, 2.05) is 20.8 Å². The Morgan fingerprint density at radius 3 is 2.52 bits per heavy atom. The van der Waals surface area contributed by atoms with Gasteiger partial charge in [-0.15, -0.1) is 6.58 Å². The molecule has 6 heteroatoms. The molecule has 6 nitrogen and oxygen atoms in total. The van der Waals surface area contributed by atoms with Gasteiger partial charge in [-0.2, -0.15) is 0 Å². The summed E-state index contributed by atoms with van der Waals surface area (Å²) in [4.78, 5) is 24.0. The van der Waals surface area contributed by atoms with Crippen LogP contribution in [0.2, 0.25) is 0 Å². The second-order valence-electron chi connectivity index (χ2n) is 5.88. The van der Waals surface area contributed by atoms with Gasteiger partial charge in [-0.1, -0.05) is 19.9 Å². The third-order valence-corrected chi connectivity index (χ3v) is 3.13. The fourth-order valence-corrected chi connectivity index (χ4v) is 1.88. The van der Waals surface area contributed by atoms with Crippen LogP contribution in [0.4, 0.5) is 0 Å². The van der Waals surface area contributed by atoms with E-state index in [1.54, 1.807) is 24.3 Å². The van der Waals surface area contributed by atoms with Crippen LogP contribution in [-0.2, 0) is 9.53 Å². The van der Waals surface area contributed by atoms with Crippen LogP contribution in [0.25, 0.3) is 0 Å². The smallest absolute Gasteiger partial charge is 0.339 e. The zero-order chi connectivity index (χ0) is 18.8. The summed E-state index contributed by atoms with van der Waals surface area (Å²) in [6.45, 7) is 12.3. The van der Waals surface area contributed by atoms with Gasteiger partial charge in [-0.05, 0) is 38.0 Å². The molecule has 0 aliphatic heterocycles. The minimum atomic E-state index is -0.903. The lowest BCUT2D eigenvalue weighted by Gasteiger charge is -2.16. The molecule has 0 aromatic heterocycles. The molecule has 1 amide bonds. The Morgan fingerprint density at radius 1 is 1.20 bits per heavy atom. The highest BCUT2D eigenvalue weighted by Crippen LogP contribution is 2.29. The number of carbonyl (C=O) groups excluding carboxylic acids is 2. The number of hydrogen-bond donors (Lipinski definition) is 1. The van der Waals surface area contributed by atoms with Gasteiger partial charge in [0.2, 0.25) is 0 Å². The van der Waals surface area contributed by atoms with E-state index in [0.29, 0.717) is 42.7 Å². The van der Waals surface area contributed by atoms with Gasteiger partial charge in [0.1, 0.15) is 0 Å². The van der Waals surface area contributed by atoms with Crippen LogP contribution >= 0.6 is 0 Å². The zero-order valence-corrected chi connectivity index (χ0v) is 15.3. The van der Waals surface area contributed by atoms with Crippen LogP contribution < -0.4 is 14.8 Å². The molecule has 0 radical (unpaired) electrons. The van der Waals surface area contributed by atoms with Gasteiger partial charge in [0.05, 0.1) is 18.8 Å². The molecular formula is C19H27NO5. The summed E-state index contributed by atoms with van der Waals surface area (Å²) in [5.41, 5.74) is 0.295. The lowest BCUT2D eigenvalue weighted by Crippen LogP contribution is -2.35.